The monoisotopic (exact) mass is 413 g/mol. The second-order valence-electron chi connectivity index (χ2n) is 4.77. The fourth-order valence-corrected chi connectivity index (χ4v) is 2.03. The van der Waals surface area contributed by atoms with Gasteiger partial charge in [-0.3, -0.25) is 4.99 Å². The molecule has 0 aliphatic rings. The minimum absolute atomic E-state index is 0. The standard InChI is InChI=1S/C17H20FN3.HI/c18-16-9-5-4-8-15(16)11-13-21-17(19)20-12-10-14-6-2-1-3-7-14;/h1-9H,10-13H2,(H3,19,20,21);1H. The topological polar surface area (TPSA) is 50.4 Å². The third kappa shape index (κ3) is 6.43. The number of guanidine groups is 1. The van der Waals surface area contributed by atoms with E-state index in [4.69, 9.17) is 5.73 Å². The molecule has 0 amide bonds. The van der Waals surface area contributed by atoms with E-state index in [1.165, 1.54) is 11.6 Å². The van der Waals surface area contributed by atoms with Gasteiger partial charge in [-0.2, -0.15) is 0 Å². The predicted octanol–water partition coefficient (Wildman–Crippen LogP) is 3.13. The third-order valence-corrected chi connectivity index (χ3v) is 3.18. The smallest absolute Gasteiger partial charge is 0.188 e. The Kier molecular flexibility index (Phi) is 8.50. The van der Waals surface area contributed by atoms with E-state index in [1.807, 2.05) is 24.3 Å². The van der Waals surface area contributed by atoms with Crippen molar-refractivity contribution in [2.75, 3.05) is 13.1 Å². The number of rotatable bonds is 6. The molecule has 0 unspecified atom stereocenters. The van der Waals surface area contributed by atoms with Crippen LogP contribution in [0.5, 0.6) is 0 Å². The van der Waals surface area contributed by atoms with Crippen molar-refractivity contribution in [1.29, 1.82) is 0 Å². The highest BCUT2D eigenvalue weighted by molar-refractivity contribution is 14.0. The molecule has 5 heteroatoms. The Balaban J connectivity index is 0.00000242. The molecule has 0 aliphatic carbocycles. The lowest BCUT2D eigenvalue weighted by molar-refractivity contribution is 0.609. The van der Waals surface area contributed by atoms with Gasteiger partial charge in [0.25, 0.3) is 0 Å². The van der Waals surface area contributed by atoms with Crippen LogP contribution in [0.15, 0.2) is 59.6 Å². The quantitative estimate of drug-likeness (QED) is 0.435. The van der Waals surface area contributed by atoms with Gasteiger partial charge in [-0.25, -0.2) is 4.39 Å². The van der Waals surface area contributed by atoms with Gasteiger partial charge in [0.05, 0.1) is 0 Å². The van der Waals surface area contributed by atoms with Crippen LogP contribution in [0, 0.1) is 5.82 Å². The fourth-order valence-electron chi connectivity index (χ4n) is 2.03. The first-order valence-electron chi connectivity index (χ1n) is 7.07. The molecular weight excluding hydrogens is 392 g/mol. The second-order valence-corrected chi connectivity index (χ2v) is 4.77. The highest BCUT2D eigenvalue weighted by atomic mass is 127. The van der Waals surface area contributed by atoms with Crippen LogP contribution in [0.1, 0.15) is 11.1 Å². The summed E-state index contributed by atoms with van der Waals surface area (Å²) in [5.74, 6) is 0.213. The van der Waals surface area contributed by atoms with E-state index in [0.717, 1.165) is 13.0 Å². The Morgan fingerprint density at radius 3 is 2.41 bits per heavy atom. The summed E-state index contributed by atoms with van der Waals surface area (Å²) in [7, 11) is 0. The molecule has 0 fully saturated rings. The summed E-state index contributed by atoms with van der Waals surface area (Å²) in [4.78, 5) is 4.21. The average molecular weight is 413 g/mol. The van der Waals surface area contributed by atoms with Crippen molar-refractivity contribution >= 4 is 29.9 Å². The summed E-state index contributed by atoms with van der Waals surface area (Å²) in [6.07, 6.45) is 1.44. The molecule has 0 spiro atoms. The minimum Gasteiger partial charge on any atom is -0.370 e. The molecule has 3 nitrogen and oxygen atoms in total. The highest BCUT2D eigenvalue weighted by Gasteiger charge is 1.99. The number of hydrogen-bond acceptors (Lipinski definition) is 1. The van der Waals surface area contributed by atoms with Gasteiger partial charge in [0.1, 0.15) is 5.82 Å². The van der Waals surface area contributed by atoms with Crippen molar-refractivity contribution in [2.45, 2.75) is 12.8 Å². The van der Waals surface area contributed by atoms with Crippen molar-refractivity contribution in [2.24, 2.45) is 10.7 Å². The van der Waals surface area contributed by atoms with Crippen LogP contribution in [0.4, 0.5) is 4.39 Å². The summed E-state index contributed by atoms with van der Waals surface area (Å²) < 4.78 is 13.4. The molecule has 3 N–H and O–H groups in total. The van der Waals surface area contributed by atoms with Gasteiger partial charge < -0.3 is 11.1 Å². The molecule has 118 valence electrons. The molecule has 0 aromatic heterocycles. The number of nitrogens with one attached hydrogen (secondary N) is 1. The Bertz CT molecular complexity index is 587. The van der Waals surface area contributed by atoms with Crippen LogP contribution in [-0.2, 0) is 12.8 Å². The van der Waals surface area contributed by atoms with E-state index in [0.29, 0.717) is 24.5 Å². The molecular formula is C17H21FIN3. The lowest BCUT2D eigenvalue weighted by Crippen LogP contribution is -2.33. The average Bonchev–Trinajstić information content (AvgIpc) is 2.50. The summed E-state index contributed by atoms with van der Waals surface area (Å²) in [5.41, 5.74) is 7.70. The van der Waals surface area contributed by atoms with Crippen LogP contribution in [0.3, 0.4) is 0 Å². The Labute approximate surface area is 147 Å². The van der Waals surface area contributed by atoms with Crippen molar-refractivity contribution in [3.63, 3.8) is 0 Å². The fraction of sp³-hybridized carbons (Fsp3) is 0.235. The van der Waals surface area contributed by atoms with Gasteiger partial charge in [0, 0.05) is 13.1 Å². The number of benzene rings is 2. The first-order chi connectivity index (χ1) is 10.3. The first kappa shape index (κ1) is 18.4. The zero-order valence-electron chi connectivity index (χ0n) is 12.3. The maximum atomic E-state index is 13.4. The van der Waals surface area contributed by atoms with Gasteiger partial charge in [-0.05, 0) is 30.0 Å². The molecule has 0 saturated carbocycles. The van der Waals surface area contributed by atoms with Gasteiger partial charge in [0.15, 0.2) is 5.96 Å². The molecule has 0 heterocycles. The summed E-state index contributed by atoms with van der Waals surface area (Å²) in [6, 6.07) is 16.9. The van der Waals surface area contributed by atoms with E-state index in [2.05, 4.69) is 22.4 Å². The van der Waals surface area contributed by atoms with Gasteiger partial charge in [-0.15, -0.1) is 24.0 Å². The second kappa shape index (κ2) is 10.2. The summed E-state index contributed by atoms with van der Waals surface area (Å²) in [5, 5.41) is 3.07. The normalized spacial score (nSPS) is 10.9. The highest BCUT2D eigenvalue weighted by Crippen LogP contribution is 2.06. The van der Waals surface area contributed by atoms with E-state index < -0.39 is 0 Å². The SMILES string of the molecule is I.NC(=NCCc1ccccc1F)NCCc1ccccc1. The van der Waals surface area contributed by atoms with Crippen molar-refractivity contribution in [1.82, 2.24) is 5.32 Å². The number of halogens is 2. The van der Waals surface area contributed by atoms with Crippen LogP contribution in [0.25, 0.3) is 0 Å². The van der Waals surface area contributed by atoms with Crippen LogP contribution in [0.2, 0.25) is 0 Å². The molecule has 2 rings (SSSR count). The number of hydrogen-bond donors (Lipinski definition) is 2. The molecule has 0 atom stereocenters. The Morgan fingerprint density at radius 1 is 1.00 bits per heavy atom. The zero-order chi connectivity index (χ0) is 14.9. The van der Waals surface area contributed by atoms with Crippen LogP contribution >= 0.6 is 24.0 Å². The van der Waals surface area contributed by atoms with Crippen molar-refractivity contribution < 1.29 is 4.39 Å². The number of aliphatic imine (C=N–C) groups is 1. The van der Waals surface area contributed by atoms with Crippen molar-refractivity contribution in [3.05, 3.63) is 71.5 Å². The Hall–Kier alpha value is -1.63. The molecule has 0 radical (unpaired) electrons. The lowest BCUT2D eigenvalue weighted by atomic mass is 10.1. The lowest BCUT2D eigenvalue weighted by Gasteiger charge is -2.06. The van der Waals surface area contributed by atoms with Gasteiger partial charge in [0.2, 0.25) is 0 Å². The van der Waals surface area contributed by atoms with E-state index in [9.17, 15) is 4.39 Å². The molecule has 2 aromatic carbocycles. The Morgan fingerprint density at radius 2 is 1.68 bits per heavy atom. The first-order valence-corrected chi connectivity index (χ1v) is 7.07. The van der Waals surface area contributed by atoms with Gasteiger partial charge in [-0.1, -0.05) is 48.5 Å². The summed E-state index contributed by atoms with van der Waals surface area (Å²) in [6.45, 7) is 1.21. The zero-order valence-corrected chi connectivity index (χ0v) is 14.7. The van der Waals surface area contributed by atoms with Gasteiger partial charge >= 0.3 is 0 Å². The molecule has 2 aromatic rings. The van der Waals surface area contributed by atoms with Crippen molar-refractivity contribution in [3.8, 4) is 0 Å². The molecule has 0 saturated heterocycles. The largest absolute Gasteiger partial charge is 0.370 e. The third-order valence-electron chi connectivity index (χ3n) is 3.18. The number of nitrogens with zero attached hydrogens (tertiary/aromatic N) is 1. The summed E-state index contributed by atoms with van der Waals surface area (Å²) >= 11 is 0. The molecule has 22 heavy (non-hydrogen) atoms. The number of nitrogens with two attached hydrogens (primary N) is 1. The van der Waals surface area contributed by atoms with Crippen LogP contribution < -0.4 is 11.1 Å². The van der Waals surface area contributed by atoms with Crippen LogP contribution in [-0.4, -0.2) is 19.0 Å². The molecule has 0 bridgehead atoms. The molecule has 0 aliphatic heterocycles. The maximum Gasteiger partial charge on any atom is 0.188 e. The van der Waals surface area contributed by atoms with E-state index in [1.54, 1.807) is 12.1 Å². The predicted molar refractivity (Wildman–Crippen MR) is 100 cm³/mol. The maximum absolute atomic E-state index is 13.4. The van der Waals surface area contributed by atoms with E-state index >= 15 is 0 Å². The minimum atomic E-state index is -0.191. The van der Waals surface area contributed by atoms with E-state index in [-0.39, 0.29) is 29.8 Å².